The third kappa shape index (κ3) is 3.12. The van der Waals surface area contributed by atoms with Crippen LogP contribution in [0.2, 0.25) is 0 Å². The van der Waals surface area contributed by atoms with Gasteiger partial charge in [0.05, 0.1) is 17.9 Å². The molecule has 1 aromatic heterocycles. The van der Waals surface area contributed by atoms with Gasteiger partial charge in [-0.15, -0.1) is 0 Å². The predicted molar refractivity (Wildman–Crippen MR) is 84.0 cm³/mol. The third-order valence-electron chi connectivity index (χ3n) is 4.48. The summed E-state index contributed by atoms with van der Waals surface area (Å²) < 4.78 is 5.09. The van der Waals surface area contributed by atoms with Crippen LogP contribution in [0.1, 0.15) is 29.9 Å². The lowest BCUT2D eigenvalue weighted by Gasteiger charge is -2.35. The van der Waals surface area contributed by atoms with Crippen LogP contribution < -0.4 is 0 Å². The Labute approximate surface area is 138 Å². The number of nitrogens with zero attached hydrogens (tertiary/aromatic N) is 3. The van der Waals surface area contributed by atoms with Crippen LogP contribution >= 0.6 is 11.8 Å². The van der Waals surface area contributed by atoms with E-state index >= 15 is 0 Å². The molecule has 8 heteroatoms. The topological polar surface area (TPSA) is 83.7 Å². The zero-order valence-electron chi connectivity index (χ0n) is 13.2. The minimum Gasteiger partial charge on any atom is -0.361 e. The number of rotatable bonds is 3. The molecule has 23 heavy (non-hydrogen) atoms. The molecule has 7 nitrogen and oxygen atoms in total. The van der Waals surface area contributed by atoms with Gasteiger partial charge in [0, 0.05) is 24.7 Å². The number of hydrogen-bond donors (Lipinski definition) is 0. The molecule has 0 aliphatic carbocycles. The summed E-state index contributed by atoms with van der Waals surface area (Å²) in [5.74, 6) is 0.840. The van der Waals surface area contributed by atoms with Gasteiger partial charge in [-0.2, -0.15) is 0 Å². The number of imide groups is 1. The van der Waals surface area contributed by atoms with Crippen LogP contribution in [0.15, 0.2) is 4.52 Å². The summed E-state index contributed by atoms with van der Waals surface area (Å²) in [5.41, 5.74) is 1.59. The van der Waals surface area contributed by atoms with E-state index in [4.69, 9.17) is 4.52 Å². The summed E-state index contributed by atoms with van der Waals surface area (Å²) in [6.45, 7) is 4.76. The van der Waals surface area contributed by atoms with E-state index in [2.05, 4.69) is 5.16 Å². The van der Waals surface area contributed by atoms with Gasteiger partial charge in [0.25, 0.3) is 5.24 Å². The van der Waals surface area contributed by atoms with Crippen LogP contribution in [0.5, 0.6) is 0 Å². The lowest BCUT2D eigenvalue weighted by atomic mass is 10.0. The molecule has 2 saturated heterocycles. The van der Waals surface area contributed by atoms with Gasteiger partial charge in [-0.05, 0) is 26.7 Å². The van der Waals surface area contributed by atoms with Crippen molar-refractivity contribution in [1.82, 2.24) is 15.0 Å². The maximum absolute atomic E-state index is 12.4. The molecular weight excluding hydrogens is 318 g/mol. The Kier molecular flexibility index (Phi) is 4.43. The molecule has 124 valence electrons. The van der Waals surface area contributed by atoms with Crippen molar-refractivity contribution in [2.75, 3.05) is 18.8 Å². The summed E-state index contributed by atoms with van der Waals surface area (Å²) >= 11 is 1.06. The van der Waals surface area contributed by atoms with E-state index < -0.39 is 0 Å². The van der Waals surface area contributed by atoms with E-state index in [1.807, 2.05) is 6.92 Å². The smallest absolute Gasteiger partial charge is 0.289 e. The fourth-order valence-corrected chi connectivity index (χ4v) is 3.88. The number of amides is 3. The highest BCUT2D eigenvalue weighted by Crippen LogP contribution is 2.27. The Balaban J connectivity index is 1.57. The first-order valence-corrected chi connectivity index (χ1v) is 8.64. The molecule has 0 N–H and O–H groups in total. The minimum atomic E-state index is -0.157. The Morgan fingerprint density at radius 3 is 2.52 bits per heavy atom. The molecule has 3 rings (SSSR count). The van der Waals surface area contributed by atoms with Crippen molar-refractivity contribution in [3.8, 4) is 0 Å². The Bertz CT molecular complexity index is 614. The van der Waals surface area contributed by atoms with Crippen molar-refractivity contribution in [2.45, 2.75) is 39.2 Å². The first-order chi connectivity index (χ1) is 11.0. The van der Waals surface area contributed by atoms with Gasteiger partial charge in [-0.25, -0.2) is 0 Å². The van der Waals surface area contributed by atoms with Crippen LogP contribution in [0.25, 0.3) is 0 Å². The Morgan fingerprint density at radius 2 is 2.00 bits per heavy atom. The fourth-order valence-electron chi connectivity index (χ4n) is 3.11. The highest BCUT2D eigenvalue weighted by molar-refractivity contribution is 8.14. The summed E-state index contributed by atoms with van der Waals surface area (Å²) in [5, 5.41) is 3.71. The van der Waals surface area contributed by atoms with Gasteiger partial charge in [0.1, 0.15) is 5.76 Å². The lowest BCUT2D eigenvalue weighted by molar-refractivity contribution is -0.132. The van der Waals surface area contributed by atoms with E-state index in [-0.39, 0.29) is 35.3 Å². The summed E-state index contributed by atoms with van der Waals surface area (Å²) in [4.78, 5) is 39.1. The first kappa shape index (κ1) is 16.0. The second-order valence-corrected chi connectivity index (χ2v) is 6.84. The van der Waals surface area contributed by atoms with Crippen LogP contribution in [0.3, 0.4) is 0 Å². The molecule has 2 fully saturated rings. The highest BCUT2D eigenvalue weighted by atomic mass is 32.2. The predicted octanol–water partition coefficient (Wildman–Crippen LogP) is 1.52. The molecule has 0 atom stereocenters. The standard InChI is InChI=1S/C15H19N3O4S/c1-9-12(10(2)22-16-9)7-13(19)17-5-3-11(4-6-17)18-14(20)8-23-15(18)21/h11H,3-8H2,1-2H3. The monoisotopic (exact) mass is 337 g/mol. The molecular formula is C15H19N3O4S. The van der Waals surface area contributed by atoms with Crippen LogP contribution in [0, 0.1) is 13.8 Å². The van der Waals surface area contributed by atoms with Crippen LogP contribution in [-0.4, -0.2) is 56.9 Å². The molecule has 2 aliphatic rings. The number of hydrogen-bond acceptors (Lipinski definition) is 6. The maximum atomic E-state index is 12.4. The largest absolute Gasteiger partial charge is 0.361 e. The van der Waals surface area contributed by atoms with Crippen molar-refractivity contribution in [3.63, 3.8) is 0 Å². The first-order valence-electron chi connectivity index (χ1n) is 7.65. The van der Waals surface area contributed by atoms with E-state index in [0.29, 0.717) is 31.7 Å². The SMILES string of the molecule is Cc1noc(C)c1CC(=O)N1CCC(N2C(=O)CSC2=O)CC1. The van der Waals surface area contributed by atoms with Gasteiger partial charge >= 0.3 is 0 Å². The quantitative estimate of drug-likeness (QED) is 0.831. The van der Waals surface area contributed by atoms with Crippen LogP contribution in [0.4, 0.5) is 4.79 Å². The van der Waals surface area contributed by atoms with Gasteiger partial charge in [-0.3, -0.25) is 19.3 Å². The van der Waals surface area contributed by atoms with Gasteiger partial charge in [0.2, 0.25) is 11.8 Å². The molecule has 0 bridgehead atoms. The second-order valence-electron chi connectivity index (χ2n) is 5.91. The molecule has 1 aromatic rings. The molecule has 0 radical (unpaired) electrons. The van der Waals surface area contributed by atoms with E-state index in [1.165, 1.54) is 4.90 Å². The average molecular weight is 337 g/mol. The Hall–Kier alpha value is -1.83. The normalized spacial score (nSPS) is 19.7. The summed E-state index contributed by atoms with van der Waals surface area (Å²) in [6.07, 6.45) is 1.57. The Morgan fingerprint density at radius 1 is 1.30 bits per heavy atom. The van der Waals surface area contributed by atoms with E-state index in [0.717, 1.165) is 23.0 Å². The summed E-state index contributed by atoms with van der Waals surface area (Å²) in [7, 11) is 0. The zero-order chi connectivity index (χ0) is 16.6. The van der Waals surface area contributed by atoms with E-state index in [9.17, 15) is 14.4 Å². The second kappa shape index (κ2) is 6.35. The minimum absolute atomic E-state index is 0.0336. The van der Waals surface area contributed by atoms with Gasteiger partial charge in [0.15, 0.2) is 0 Å². The molecule has 0 aromatic carbocycles. The van der Waals surface area contributed by atoms with E-state index in [1.54, 1.807) is 11.8 Å². The third-order valence-corrected chi connectivity index (χ3v) is 5.31. The number of aryl methyl sites for hydroxylation is 2. The van der Waals surface area contributed by atoms with Crippen molar-refractivity contribution in [3.05, 3.63) is 17.0 Å². The summed E-state index contributed by atoms with van der Waals surface area (Å²) in [6, 6.07) is -0.0758. The number of aromatic nitrogens is 1. The fraction of sp³-hybridized carbons (Fsp3) is 0.600. The molecule has 0 spiro atoms. The number of likely N-dealkylation sites (tertiary alicyclic amines) is 1. The van der Waals surface area contributed by atoms with Crippen molar-refractivity contribution in [2.24, 2.45) is 0 Å². The molecule has 0 saturated carbocycles. The lowest BCUT2D eigenvalue weighted by Crippen LogP contribution is -2.48. The molecule has 3 amide bonds. The van der Waals surface area contributed by atoms with Crippen molar-refractivity contribution in [1.29, 1.82) is 0 Å². The molecule has 0 unspecified atom stereocenters. The number of carbonyl (C=O) groups is 3. The highest BCUT2D eigenvalue weighted by Gasteiger charge is 2.38. The van der Waals surface area contributed by atoms with Crippen molar-refractivity contribution < 1.29 is 18.9 Å². The van der Waals surface area contributed by atoms with Crippen molar-refractivity contribution >= 4 is 28.8 Å². The molecule has 2 aliphatic heterocycles. The number of carbonyl (C=O) groups excluding carboxylic acids is 3. The van der Waals surface area contributed by atoms with Crippen LogP contribution in [-0.2, 0) is 16.0 Å². The number of thioether (sulfide) groups is 1. The zero-order valence-corrected chi connectivity index (χ0v) is 14.0. The number of piperidine rings is 1. The average Bonchev–Trinajstić information content (AvgIpc) is 3.03. The van der Waals surface area contributed by atoms with Gasteiger partial charge < -0.3 is 9.42 Å². The molecule has 3 heterocycles. The maximum Gasteiger partial charge on any atom is 0.289 e. The van der Waals surface area contributed by atoms with Gasteiger partial charge in [-0.1, -0.05) is 16.9 Å².